The number of hydrazone groups is 1. The van der Waals surface area contributed by atoms with E-state index in [0.717, 1.165) is 17.1 Å². The Morgan fingerprint density at radius 2 is 2.07 bits per heavy atom. The van der Waals surface area contributed by atoms with E-state index in [0.29, 0.717) is 27.7 Å². The summed E-state index contributed by atoms with van der Waals surface area (Å²) >= 11 is 1.12. The molecule has 0 fully saturated rings. The van der Waals surface area contributed by atoms with Crippen molar-refractivity contribution in [1.82, 2.24) is 9.80 Å². The summed E-state index contributed by atoms with van der Waals surface area (Å²) in [5.74, 6) is 0.223. The van der Waals surface area contributed by atoms with Crippen LogP contribution in [0.2, 0.25) is 0 Å². The zero-order valence-electron chi connectivity index (χ0n) is 15.7. The standard InChI is InChI=1S/C18H22N4O4S/c1-5-25-18(24)19-17-16(13(4)22-27-17)12(3)20-21-15(23)10-26-14-8-6-7-11(2)9-14/h6-9H,5,10H2,1-4H3,(H,19,24)(H,21,23)/b20-12+. The minimum absolute atomic E-state index is 0.158. The molecule has 0 radical (unpaired) electrons. The summed E-state index contributed by atoms with van der Waals surface area (Å²) in [5, 5.41) is 7.22. The third-order valence-electron chi connectivity index (χ3n) is 3.42. The summed E-state index contributed by atoms with van der Waals surface area (Å²) in [5.41, 5.74) is 5.34. The molecule has 1 aromatic heterocycles. The fourth-order valence-corrected chi connectivity index (χ4v) is 3.06. The molecule has 2 rings (SSSR count). The lowest BCUT2D eigenvalue weighted by Crippen LogP contribution is -2.26. The van der Waals surface area contributed by atoms with E-state index in [1.807, 2.05) is 25.1 Å². The third-order valence-corrected chi connectivity index (χ3v) is 4.28. The summed E-state index contributed by atoms with van der Waals surface area (Å²) in [6, 6.07) is 7.42. The molecule has 0 saturated heterocycles. The van der Waals surface area contributed by atoms with E-state index in [1.54, 1.807) is 26.8 Å². The van der Waals surface area contributed by atoms with Crippen molar-refractivity contribution in [3.05, 3.63) is 41.1 Å². The number of rotatable bonds is 7. The SMILES string of the molecule is CCOC(=O)Nc1snc(C)c1/C(C)=N/NC(=O)COc1cccc(C)c1. The van der Waals surface area contributed by atoms with Gasteiger partial charge in [-0.25, -0.2) is 10.2 Å². The summed E-state index contributed by atoms with van der Waals surface area (Å²) in [7, 11) is 0. The maximum Gasteiger partial charge on any atom is 0.412 e. The quantitative estimate of drug-likeness (QED) is 0.558. The first kappa shape index (κ1) is 20.4. The minimum atomic E-state index is -0.564. The average molecular weight is 390 g/mol. The molecule has 0 saturated carbocycles. The van der Waals surface area contributed by atoms with Gasteiger partial charge in [0.2, 0.25) is 0 Å². The molecule has 27 heavy (non-hydrogen) atoms. The number of hydrogen-bond acceptors (Lipinski definition) is 7. The fraction of sp³-hybridized carbons (Fsp3) is 0.333. The van der Waals surface area contributed by atoms with Crippen LogP contribution in [0.1, 0.15) is 30.7 Å². The molecule has 0 aliphatic heterocycles. The lowest BCUT2D eigenvalue weighted by molar-refractivity contribution is -0.123. The second kappa shape index (κ2) is 9.67. The van der Waals surface area contributed by atoms with Crippen LogP contribution in [0.4, 0.5) is 9.80 Å². The molecule has 0 bridgehead atoms. The molecule has 0 atom stereocenters. The maximum atomic E-state index is 12.0. The Morgan fingerprint density at radius 1 is 1.30 bits per heavy atom. The number of nitrogens with zero attached hydrogens (tertiary/aromatic N) is 2. The number of hydrogen-bond donors (Lipinski definition) is 2. The Bertz CT molecular complexity index is 848. The molecule has 2 amide bonds. The van der Waals surface area contributed by atoms with Crippen LogP contribution in [0, 0.1) is 13.8 Å². The second-order valence-corrected chi connectivity index (χ2v) is 6.43. The molecule has 1 heterocycles. The predicted molar refractivity (Wildman–Crippen MR) is 105 cm³/mol. The number of carbonyl (C=O) groups is 2. The van der Waals surface area contributed by atoms with Crippen LogP contribution in [-0.2, 0) is 9.53 Å². The highest BCUT2D eigenvalue weighted by Crippen LogP contribution is 2.25. The van der Waals surface area contributed by atoms with Crippen LogP contribution < -0.4 is 15.5 Å². The van der Waals surface area contributed by atoms with Crippen LogP contribution in [0.3, 0.4) is 0 Å². The molecular formula is C18H22N4O4S. The van der Waals surface area contributed by atoms with Gasteiger partial charge in [0.1, 0.15) is 10.8 Å². The average Bonchev–Trinajstić information content (AvgIpc) is 2.98. The van der Waals surface area contributed by atoms with Crippen molar-refractivity contribution in [2.75, 3.05) is 18.5 Å². The van der Waals surface area contributed by atoms with Crippen molar-refractivity contribution >= 4 is 34.2 Å². The van der Waals surface area contributed by atoms with Gasteiger partial charge in [-0.15, -0.1) is 0 Å². The smallest absolute Gasteiger partial charge is 0.412 e. The van der Waals surface area contributed by atoms with E-state index < -0.39 is 12.0 Å². The largest absolute Gasteiger partial charge is 0.484 e. The predicted octanol–water partition coefficient (Wildman–Crippen LogP) is 3.25. The van der Waals surface area contributed by atoms with Gasteiger partial charge in [-0.3, -0.25) is 10.1 Å². The van der Waals surface area contributed by atoms with Crippen LogP contribution in [0.5, 0.6) is 5.75 Å². The first-order valence-corrected chi connectivity index (χ1v) is 9.11. The number of anilines is 1. The second-order valence-electron chi connectivity index (χ2n) is 5.65. The Hall–Kier alpha value is -2.94. The number of ether oxygens (including phenoxy) is 2. The fourth-order valence-electron chi connectivity index (χ4n) is 2.23. The zero-order valence-corrected chi connectivity index (χ0v) is 16.5. The van der Waals surface area contributed by atoms with Gasteiger partial charge in [0.05, 0.1) is 23.6 Å². The first-order valence-electron chi connectivity index (χ1n) is 8.33. The van der Waals surface area contributed by atoms with E-state index in [4.69, 9.17) is 9.47 Å². The van der Waals surface area contributed by atoms with Crippen LogP contribution in [-0.4, -0.2) is 35.3 Å². The van der Waals surface area contributed by atoms with Crippen molar-refractivity contribution in [2.24, 2.45) is 5.10 Å². The van der Waals surface area contributed by atoms with E-state index in [9.17, 15) is 9.59 Å². The number of aromatic nitrogens is 1. The van der Waals surface area contributed by atoms with Crippen molar-refractivity contribution < 1.29 is 19.1 Å². The minimum Gasteiger partial charge on any atom is -0.484 e. The van der Waals surface area contributed by atoms with Crippen LogP contribution in [0.25, 0.3) is 0 Å². The lowest BCUT2D eigenvalue weighted by atomic mass is 10.2. The highest BCUT2D eigenvalue weighted by molar-refractivity contribution is 7.11. The summed E-state index contributed by atoms with van der Waals surface area (Å²) in [6.45, 7) is 7.29. The maximum absolute atomic E-state index is 12.0. The summed E-state index contributed by atoms with van der Waals surface area (Å²) < 4.78 is 14.5. The summed E-state index contributed by atoms with van der Waals surface area (Å²) in [4.78, 5) is 23.6. The van der Waals surface area contributed by atoms with E-state index in [1.165, 1.54) is 0 Å². The monoisotopic (exact) mass is 390 g/mol. The summed E-state index contributed by atoms with van der Waals surface area (Å²) in [6.07, 6.45) is -0.564. The van der Waals surface area contributed by atoms with Crippen molar-refractivity contribution in [3.8, 4) is 5.75 Å². The van der Waals surface area contributed by atoms with Gasteiger partial charge in [0, 0.05) is 0 Å². The van der Waals surface area contributed by atoms with Gasteiger partial charge in [0.25, 0.3) is 5.91 Å². The number of aryl methyl sites for hydroxylation is 2. The third kappa shape index (κ3) is 6.07. The van der Waals surface area contributed by atoms with E-state index in [2.05, 4.69) is 20.2 Å². The van der Waals surface area contributed by atoms with E-state index >= 15 is 0 Å². The van der Waals surface area contributed by atoms with Gasteiger partial charge in [-0.05, 0) is 56.9 Å². The molecule has 8 nitrogen and oxygen atoms in total. The normalized spacial score (nSPS) is 11.0. The Morgan fingerprint density at radius 3 is 2.78 bits per heavy atom. The molecule has 0 spiro atoms. The van der Waals surface area contributed by atoms with Gasteiger partial charge >= 0.3 is 6.09 Å². The zero-order chi connectivity index (χ0) is 19.8. The molecule has 0 aliphatic carbocycles. The number of amides is 2. The molecule has 0 unspecified atom stereocenters. The highest BCUT2D eigenvalue weighted by Gasteiger charge is 2.16. The Labute approximate surface area is 161 Å². The molecular weight excluding hydrogens is 368 g/mol. The number of carbonyl (C=O) groups excluding carboxylic acids is 2. The van der Waals surface area contributed by atoms with Crippen molar-refractivity contribution in [2.45, 2.75) is 27.7 Å². The van der Waals surface area contributed by atoms with Crippen molar-refractivity contribution in [1.29, 1.82) is 0 Å². The van der Waals surface area contributed by atoms with Crippen LogP contribution >= 0.6 is 11.5 Å². The molecule has 9 heteroatoms. The van der Waals surface area contributed by atoms with Crippen molar-refractivity contribution in [3.63, 3.8) is 0 Å². The highest BCUT2D eigenvalue weighted by atomic mass is 32.1. The topological polar surface area (TPSA) is 102 Å². The van der Waals surface area contributed by atoms with Gasteiger partial charge in [0.15, 0.2) is 6.61 Å². The van der Waals surface area contributed by atoms with Gasteiger partial charge < -0.3 is 9.47 Å². The number of nitrogens with one attached hydrogen (secondary N) is 2. The Kier molecular flexibility index (Phi) is 7.30. The molecule has 2 aromatic rings. The van der Waals surface area contributed by atoms with Gasteiger partial charge in [-0.1, -0.05) is 12.1 Å². The Balaban J connectivity index is 1.97. The van der Waals surface area contributed by atoms with Gasteiger partial charge in [-0.2, -0.15) is 9.47 Å². The van der Waals surface area contributed by atoms with E-state index in [-0.39, 0.29) is 13.2 Å². The first-order chi connectivity index (χ1) is 12.9. The molecule has 2 N–H and O–H groups in total. The lowest BCUT2D eigenvalue weighted by Gasteiger charge is -2.08. The molecule has 1 aromatic carbocycles. The molecule has 0 aliphatic rings. The molecule has 144 valence electrons. The van der Waals surface area contributed by atoms with Crippen LogP contribution in [0.15, 0.2) is 29.4 Å². The number of benzene rings is 1.